The van der Waals surface area contributed by atoms with Gasteiger partial charge in [-0.3, -0.25) is 30.6 Å². The maximum Gasteiger partial charge on any atom is 0.243 e. The number of aliphatic imine (C=N–C) groups is 1. The third kappa shape index (κ3) is 8.89. The van der Waals surface area contributed by atoms with Crippen molar-refractivity contribution in [2.24, 2.45) is 22.6 Å². The predicted molar refractivity (Wildman–Crippen MR) is 122 cm³/mol. The topological polar surface area (TPSA) is 145 Å². The Balaban J connectivity index is 2.06. The molecule has 180 valence electrons. The Kier molecular flexibility index (Phi) is 10.3. The summed E-state index contributed by atoms with van der Waals surface area (Å²) in [6.45, 7) is 5.20. The molecule has 11 heteroatoms. The minimum atomic E-state index is -0.847. The molecule has 0 bridgehead atoms. The molecule has 33 heavy (non-hydrogen) atoms. The van der Waals surface area contributed by atoms with E-state index in [0.29, 0.717) is 23.1 Å². The maximum atomic E-state index is 15.0. The van der Waals surface area contributed by atoms with Crippen LogP contribution in [0.2, 0.25) is 0 Å². The number of carbonyl (C=O) groups excluding carboxylic acids is 2. The number of rotatable bonds is 13. The number of pyridine rings is 1. The molecular weight excluding hydrogens is 429 g/mol. The minimum Gasteiger partial charge on any atom is -0.387 e. The highest BCUT2D eigenvalue weighted by Crippen LogP contribution is 2.30. The summed E-state index contributed by atoms with van der Waals surface area (Å²) in [5, 5.41) is 12.8. The minimum absolute atomic E-state index is 0.0596. The summed E-state index contributed by atoms with van der Waals surface area (Å²) in [5.74, 6) is -1.99. The zero-order chi connectivity index (χ0) is 24.2. The summed E-state index contributed by atoms with van der Waals surface area (Å²) in [7, 11) is 0. The van der Waals surface area contributed by atoms with Crippen molar-refractivity contribution in [3.05, 3.63) is 54.0 Å². The number of amidine groups is 1. The molecule has 1 heterocycles. The number of hydroxylamine groups is 2. The number of allylic oxidation sites excluding steroid dienone is 1. The Morgan fingerprint density at radius 1 is 1.42 bits per heavy atom. The molecule has 2 rings (SSSR count). The van der Waals surface area contributed by atoms with Gasteiger partial charge >= 0.3 is 0 Å². The molecule has 0 aliphatic heterocycles. The van der Waals surface area contributed by atoms with Gasteiger partial charge in [0.15, 0.2) is 11.6 Å². The Morgan fingerprint density at radius 2 is 2.15 bits per heavy atom. The van der Waals surface area contributed by atoms with Crippen LogP contribution >= 0.6 is 0 Å². The number of hydrazine groups is 1. The van der Waals surface area contributed by atoms with Gasteiger partial charge < -0.3 is 11.1 Å². The van der Waals surface area contributed by atoms with E-state index in [1.165, 1.54) is 6.92 Å². The van der Waals surface area contributed by atoms with Crippen LogP contribution in [-0.2, 0) is 16.1 Å². The van der Waals surface area contributed by atoms with Crippen molar-refractivity contribution in [3.8, 4) is 0 Å². The number of carbonyl (C=O) groups is 2. The molecule has 0 aromatic carbocycles. The first kappa shape index (κ1) is 25.8. The molecule has 1 aliphatic rings. The second-order valence-electron chi connectivity index (χ2n) is 7.99. The summed E-state index contributed by atoms with van der Waals surface area (Å²) >= 11 is 0. The van der Waals surface area contributed by atoms with E-state index >= 15 is 0 Å². The highest BCUT2D eigenvalue weighted by atomic mass is 19.1. The maximum absolute atomic E-state index is 15.0. The number of nitrogens with zero attached hydrogens (tertiary/aromatic N) is 3. The van der Waals surface area contributed by atoms with Gasteiger partial charge in [-0.15, -0.1) is 0 Å². The number of nitrogens with one attached hydrogen (secondary N) is 3. The van der Waals surface area contributed by atoms with E-state index in [1.54, 1.807) is 18.3 Å². The van der Waals surface area contributed by atoms with Crippen LogP contribution < -0.4 is 21.9 Å². The first-order chi connectivity index (χ1) is 15.8. The third-order valence-corrected chi connectivity index (χ3v) is 5.27. The van der Waals surface area contributed by atoms with E-state index in [9.17, 15) is 19.2 Å². The lowest BCUT2D eigenvalue weighted by Crippen LogP contribution is -2.44. The number of hydrogen-bond acceptors (Lipinski definition) is 7. The monoisotopic (exact) mass is 461 g/mol. The second-order valence-corrected chi connectivity index (χ2v) is 7.99. The summed E-state index contributed by atoms with van der Waals surface area (Å²) in [5.41, 5.74) is 11.1. The van der Waals surface area contributed by atoms with Crippen LogP contribution in [0.5, 0.6) is 0 Å². The lowest BCUT2D eigenvalue weighted by atomic mass is 9.92. The van der Waals surface area contributed by atoms with Gasteiger partial charge in [-0.2, -0.15) is 0 Å². The lowest BCUT2D eigenvalue weighted by Gasteiger charge is -2.23. The van der Waals surface area contributed by atoms with E-state index in [1.807, 2.05) is 6.07 Å². The van der Waals surface area contributed by atoms with Crippen molar-refractivity contribution in [1.29, 1.82) is 0 Å². The predicted octanol–water partition coefficient (Wildman–Crippen LogP) is 1.87. The summed E-state index contributed by atoms with van der Waals surface area (Å²) in [6, 6.07) is 5.36. The zero-order valence-electron chi connectivity index (χ0n) is 18.8. The smallest absolute Gasteiger partial charge is 0.243 e. The standard InChI is InChI=1S/C22H32FN7O3/c1-15(26-12-19-9-5-6-10-25-19)20(23)21(27-16(2)24)28-29-22(32)18(13-30(33)14-31)11-17-7-3-4-8-17/h5-6,9-10,14,17-18,26,28,33H,1,3-4,7-8,11-13H2,2H3,(H2,24,27)(H,29,32)/b21-20-/t18-/m1/s1. The highest BCUT2D eigenvalue weighted by Gasteiger charge is 2.27. The number of aromatic nitrogens is 1. The molecule has 1 aliphatic carbocycles. The molecule has 1 atom stereocenters. The quantitative estimate of drug-likeness (QED) is 0.0753. The average Bonchev–Trinajstić information content (AvgIpc) is 3.32. The third-order valence-electron chi connectivity index (χ3n) is 5.27. The van der Waals surface area contributed by atoms with Gasteiger partial charge in [0.25, 0.3) is 0 Å². The normalized spacial score (nSPS) is 15.9. The van der Waals surface area contributed by atoms with Crippen LogP contribution in [0.4, 0.5) is 4.39 Å². The lowest BCUT2D eigenvalue weighted by molar-refractivity contribution is -0.155. The van der Waals surface area contributed by atoms with Crippen molar-refractivity contribution < 1.29 is 19.2 Å². The summed E-state index contributed by atoms with van der Waals surface area (Å²) < 4.78 is 15.0. The van der Waals surface area contributed by atoms with Crippen LogP contribution in [0.15, 0.2) is 53.3 Å². The van der Waals surface area contributed by atoms with Crippen LogP contribution in [-0.4, -0.2) is 40.0 Å². The van der Waals surface area contributed by atoms with Crippen LogP contribution in [0.25, 0.3) is 0 Å². The molecule has 0 spiro atoms. The van der Waals surface area contributed by atoms with Gasteiger partial charge in [0.2, 0.25) is 12.3 Å². The van der Waals surface area contributed by atoms with Crippen molar-refractivity contribution in [1.82, 2.24) is 26.2 Å². The summed E-state index contributed by atoms with van der Waals surface area (Å²) in [4.78, 5) is 31.7. The van der Waals surface area contributed by atoms with Crippen molar-refractivity contribution in [2.75, 3.05) is 6.54 Å². The molecule has 0 unspecified atom stereocenters. The Bertz CT molecular complexity index is 866. The highest BCUT2D eigenvalue weighted by molar-refractivity contribution is 5.80. The van der Waals surface area contributed by atoms with Crippen LogP contribution in [0.3, 0.4) is 0 Å². The van der Waals surface area contributed by atoms with E-state index in [2.05, 4.69) is 32.7 Å². The molecule has 0 radical (unpaired) electrons. The first-order valence-electron chi connectivity index (χ1n) is 10.8. The number of nitrogens with two attached hydrogens (primary N) is 1. The van der Waals surface area contributed by atoms with E-state index in [0.717, 1.165) is 25.7 Å². The van der Waals surface area contributed by atoms with Gasteiger partial charge in [0.1, 0.15) is 0 Å². The van der Waals surface area contributed by atoms with Gasteiger partial charge in [0, 0.05) is 6.20 Å². The van der Waals surface area contributed by atoms with Crippen molar-refractivity contribution >= 4 is 18.2 Å². The Hall–Kier alpha value is -3.47. The van der Waals surface area contributed by atoms with Crippen LogP contribution in [0.1, 0.15) is 44.7 Å². The van der Waals surface area contributed by atoms with Gasteiger partial charge in [-0.25, -0.2) is 14.4 Å². The Morgan fingerprint density at radius 3 is 2.76 bits per heavy atom. The molecule has 10 nitrogen and oxygen atoms in total. The zero-order valence-corrected chi connectivity index (χ0v) is 18.8. The van der Waals surface area contributed by atoms with Crippen molar-refractivity contribution in [3.63, 3.8) is 0 Å². The molecule has 2 amide bonds. The molecule has 0 saturated heterocycles. The second kappa shape index (κ2) is 13.2. The largest absolute Gasteiger partial charge is 0.387 e. The van der Waals surface area contributed by atoms with Crippen LogP contribution in [0, 0.1) is 11.8 Å². The number of hydrogen-bond donors (Lipinski definition) is 5. The SMILES string of the molecule is C=C(NCc1ccccn1)/C(F)=C(\N=C(\C)N)NNC(=O)[C@H](CC1CCCC1)CN(O)C=O. The van der Waals surface area contributed by atoms with Gasteiger partial charge in [-0.05, 0) is 31.4 Å². The Labute approximate surface area is 192 Å². The molecule has 1 aromatic rings. The fourth-order valence-corrected chi connectivity index (χ4v) is 3.63. The number of amides is 2. The fraction of sp³-hybridized carbons (Fsp3) is 0.455. The van der Waals surface area contributed by atoms with E-state index < -0.39 is 17.7 Å². The van der Waals surface area contributed by atoms with E-state index in [-0.39, 0.29) is 36.9 Å². The molecular formula is C22H32FN7O3. The van der Waals surface area contributed by atoms with Crippen molar-refractivity contribution in [2.45, 2.75) is 45.6 Å². The summed E-state index contributed by atoms with van der Waals surface area (Å²) in [6.07, 6.45) is 6.51. The molecule has 6 N–H and O–H groups in total. The molecule has 1 aromatic heterocycles. The van der Waals surface area contributed by atoms with Gasteiger partial charge in [0.05, 0.1) is 36.2 Å². The molecule has 1 fully saturated rings. The number of halogens is 1. The van der Waals surface area contributed by atoms with E-state index in [4.69, 9.17) is 5.73 Å². The fourth-order valence-electron chi connectivity index (χ4n) is 3.63. The average molecular weight is 462 g/mol. The first-order valence-corrected chi connectivity index (χ1v) is 10.8. The van der Waals surface area contributed by atoms with Gasteiger partial charge in [-0.1, -0.05) is 38.3 Å². The molecule has 1 saturated carbocycles.